The molecule has 1 heterocycles. The molecule has 0 radical (unpaired) electrons. The van der Waals surface area contributed by atoms with Crippen LogP contribution in [-0.2, 0) is 9.05 Å². The first-order valence-corrected chi connectivity index (χ1v) is 6.58. The first kappa shape index (κ1) is 11.0. The lowest BCUT2D eigenvalue weighted by atomic mass is 10.2. The zero-order valence-electron chi connectivity index (χ0n) is 8.20. The molecule has 8 heteroatoms. The number of hydrogen-bond donors (Lipinski definition) is 0. The average molecular weight is 259 g/mol. The molecule has 1 aromatic carbocycles. The molecule has 0 saturated carbocycles. The molecule has 0 atom stereocenters. The Kier molecular flexibility index (Phi) is 2.64. The van der Waals surface area contributed by atoms with Crippen LogP contribution in [0.5, 0.6) is 0 Å². The van der Waals surface area contributed by atoms with E-state index in [0.29, 0.717) is 11.3 Å². The van der Waals surface area contributed by atoms with E-state index >= 15 is 0 Å². The monoisotopic (exact) mass is 258 g/mol. The SMILES string of the molecule is Cc1cc(S(=O)(=O)Cl)ccc1-n1cnnn1. The molecule has 2 aromatic rings. The molecule has 16 heavy (non-hydrogen) atoms. The Balaban J connectivity index is 2.54. The maximum Gasteiger partial charge on any atom is 0.261 e. The Morgan fingerprint density at radius 3 is 2.62 bits per heavy atom. The van der Waals surface area contributed by atoms with Crippen LogP contribution in [-0.4, -0.2) is 28.6 Å². The predicted molar refractivity (Wildman–Crippen MR) is 56.9 cm³/mol. The fourth-order valence-electron chi connectivity index (χ4n) is 1.31. The van der Waals surface area contributed by atoms with Crippen molar-refractivity contribution >= 4 is 19.7 Å². The van der Waals surface area contributed by atoms with Crippen LogP contribution in [0.3, 0.4) is 0 Å². The third kappa shape index (κ3) is 2.05. The van der Waals surface area contributed by atoms with Gasteiger partial charge >= 0.3 is 0 Å². The summed E-state index contributed by atoms with van der Waals surface area (Å²) in [5, 5.41) is 10.7. The van der Waals surface area contributed by atoms with E-state index in [1.165, 1.54) is 23.1 Å². The minimum atomic E-state index is -3.70. The van der Waals surface area contributed by atoms with Crippen molar-refractivity contribution in [1.82, 2.24) is 20.2 Å². The number of tetrazole rings is 1. The zero-order chi connectivity index (χ0) is 11.8. The fourth-order valence-corrected chi connectivity index (χ4v) is 2.14. The third-order valence-corrected chi connectivity index (χ3v) is 3.40. The van der Waals surface area contributed by atoms with Crippen molar-refractivity contribution in [2.45, 2.75) is 11.8 Å². The molecule has 0 spiro atoms. The van der Waals surface area contributed by atoms with Crippen molar-refractivity contribution in [3.05, 3.63) is 30.1 Å². The van der Waals surface area contributed by atoms with Gasteiger partial charge in [-0.25, -0.2) is 13.1 Å². The third-order valence-electron chi connectivity index (χ3n) is 2.05. The summed E-state index contributed by atoms with van der Waals surface area (Å²) in [5.74, 6) is 0. The fraction of sp³-hybridized carbons (Fsp3) is 0.125. The van der Waals surface area contributed by atoms with Crippen molar-refractivity contribution in [3.8, 4) is 5.69 Å². The number of aromatic nitrogens is 4. The highest BCUT2D eigenvalue weighted by Gasteiger charge is 2.12. The van der Waals surface area contributed by atoms with Crippen molar-refractivity contribution < 1.29 is 8.42 Å². The van der Waals surface area contributed by atoms with Gasteiger partial charge in [0.25, 0.3) is 9.05 Å². The van der Waals surface area contributed by atoms with Crippen LogP contribution in [0.1, 0.15) is 5.56 Å². The maximum atomic E-state index is 11.1. The highest BCUT2D eigenvalue weighted by Crippen LogP contribution is 2.20. The van der Waals surface area contributed by atoms with E-state index in [4.69, 9.17) is 10.7 Å². The maximum absolute atomic E-state index is 11.1. The topological polar surface area (TPSA) is 77.7 Å². The Morgan fingerprint density at radius 1 is 1.38 bits per heavy atom. The van der Waals surface area contributed by atoms with Crippen LogP contribution in [0.2, 0.25) is 0 Å². The van der Waals surface area contributed by atoms with Crippen molar-refractivity contribution in [2.75, 3.05) is 0 Å². The molecule has 0 saturated heterocycles. The van der Waals surface area contributed by atoms with Crippen molar-refractivity contribution in [1.29, 1.82) is 0 Å². The zero-order valence-corrected chi connectivity index (χ0v) is 9.77. The van der Waals surface area contributed by atoms with E-state index < -0.39 is 9.05 Å². The molecule has 0 aliphatic rings. The lowest BCUT2D eigenvalue weighted by Gasteiger charge is -2.05. The van der Waals surface area contributed by atoms with E-state index in [2.05, 4.69) is 15.5 Å². The lowest BCUT2D eigenvalue weighted by molar-refractivity contribution is 0.609. The smallest absolute Gasteiger partial charge is 0.207 e. The van der Waals surface area contributed by atoms with Crippen LogP contribution in [0.25, 0.3) is 5.69 Å². The van der Waals surface area contributed by atoms with E-state index in [0.717, 1.165) is 0 Å². The summed E-state index contributed by atoms with van der Waals surface area (Å²) in [7, 11) is 1.53. The number of aryl methyl sites for hydroxylation is 1. The molecule has 0 amide bonds. The normalized spacial score (nSPS) is 11.6. The Hall–Kier alpha value is -1.47. The van der Waals surface area contributed by atoms with Crippen LogP contribution in [0.15, 0.2) is 29.4 Å². The van der Waals surface area contributed by atoms with Gasteiger partial charge in [0, 0.05) is 10.7 Å². The first-order chi connectivity index (χ1) is 7.48. The number of benzene rings is 1. The van der Waals surface area contributed by atoms with Gasteiger partial charge < -0.3 is 0 Å². The summed E-state index contributed by atoms with van der Waals surface area (Å²) in [6, 6.07) is 4.48. The molecule has 0 unspecified atom stereocenters. The van der Waals surface area contributed by atoms with E-state index in [1.807, 2.05) is 0 Å². The van der Waals surface area contributed by atoms with Gasteiger partial charge in [-0.15, -0.1) is 5.10 Å². The second-order valence-electron chi connectivity index (χ2n) is 3.14. The largest absolute Gasteiger partial charge is 0.261 e. The Bertz CT molecular complexity index is 609. The highest BCUT2D eigenvalue weighted by atomic mass is 35.7. The van der Waals surface area contributed by atoms with Gasteiger partial charge in [0.1, 0.15) is 6.33 Å². The quantitative estimate of drug-likeness (QED) is 0.748. The number of hydrogen-bond acceptors (Lipinski definition) is 5. The van der Waals surface area contributed by atoms with Gasteiger partial charge in [0.15, 0.2) is 0 Å². The molecule has 84 valence electrons. The summed E-state index contributed by atoms with van der Waals surface area (Å²) in [5.41, 5.74) is 1.42. The van der Waals surface area contributed by atoms with Crippen molar-refractivity contribution in [3.63, 3.8) is 0 Å². The Morgan fingerprint density at radius 2 is 2.12 bits per heavy atom. The van der Waals surface area contributed by atoms with Crippen molar-refractivity contribution in [2.24, 2.45) is 0 Å². The minimum absolute atomic E-state index is 0.0588. The van der Waals surface area contributed by atoms with Crippen LogP contribution >= 0.6 is 10.7 Å². The summed E-state index contributed by atoms with van der Waals surface area (Å²) < 4.78 is 23.6. The second-order valence-corrected chi connectivity index (χ2v) is 5.71. The van der Waals surface area contributed by atoms with Gasteiger partial charge in [0.05, 0.1) is 10.6 Å². The number of rotatable bonds is 2. The number of halogens is 1. The van der Waals surface area contributed by atoms with Crippen LogP contribution in [0, 0.1) is 6.92 Å². The van der Waals surface area contributed by atoms with Gasteiger partial charge in [-0.3, -0.25) is 0 Å². The molecule has 0 aliphatic carbocycles. The molecule has 0 aliphatic heterocycles. The molecule has 0 N–H and O–H groups in total. The number of nitrogens with zero attached hydrogens (tertiary/aromatic N) is 4. The summed E-state index contributed by atoms with van der Waals surface area (Å²) >= 11 is 0. The predicted octanol–water partition coefficient (Wildman–Crippen LogP) is 0.898. The van der Waals surface area contributed by atoms with Gasteiger partial charge in [-0.2, -0.15) is 0 Å². The first-order valence-electron chi connectivity index (χ1n) is 4.27. The summed E-state index contributed by atoms with van der Waals surface area (Å²) in [4.78, 5) is 0.0588. The van der Waals surface area contributed by atoms with Crippen LogP contribution in [0.4, 0.5) is 0 Å². The highest BCUT2D eigenvalue weighted by molar-refractivity contribution is 8.13. The molecular formula is C8H7ClN4O2S. The lowest BCUT2D eigenvalue weighted by Crippen LogP contribution is -2.00. The van der Waals surface area contributed by atoms with Gasteiger partial charge in [-0.1, -0.05) is 0 Å². The molecule has 0 fully saturated rings. The van der Waals surface area contributed by atoms with Crippen LogP contribution < -0.4 is 0 Å². The Labute approximate surface area is 96.3 Å². The van der Waals surface area contributed by atoms with E-state index in [-0.39, 0.29) is 4.90 Å². The van der Waals surface area contributed by atoms with E-state index in [9.17, 15) is 8.42 Å². The average Bonchev–Trinajstić information content (AvgIpc) is 2.69. The summed E-state index contributed by atoms with van der Waals surface area (Å²) in [6.07, 6.45) is 1.43. The molecule has 2 rings (SSSR count). The van der Waals surface area contributed by atoms with Gasteiger partial charge in [-0.05, 0) is 41.1 Å². The molecule has 0 bridgehead atoms. The summed E-state index contributed by atoms with van der Waals surface area (Å²) in [6.45, 7) is 1.75. The van der Waals surface area contributed by atoms with Gasteiger partial charge in [0.2, 0.25) is 0 Å². The minimum Gasteiger partial charge on any atom is -0.207 e. The molecule has 6 nitrogen and oxygen atoms in total. The molecular weight excluding hydrogens is 252 g/mol. The van der Waals surface area contributed by atoms with E-state index in [1.54, 1.807) is 13.0 Å². The molecule has 1 aromatic heterocycles. The second kappa shape index (κ2) is 3.84. The standard InChI is InChI=1S/C8H7ClN4O2S/c1-6-4-7(16(9,14)15)2-3-8(6)13-5-10-11-12-13/h2-5H,1H3.